The van der Waals surface area contributed by atoms with Gasteiger partial charge in [0.1, 0.15) is 0 Å². The van der Waals surface area contributed by atoms with Gasteiger partial charge in [0.15, 0.2) is 0 Å². The van der Waals surface area contributed by atoms with Crippen molar-refractivity contribution in [3.05, 3.63) is 29.3 Å². The highest BCUT2D eigenvalue weighted by atomic mass is 35.5. The first-order valence-corrected chi connectivity index (χ1v) is 8.51. The Bertz CT molecular complexity index is 557. The van der Waals surface area contributed by atoms with Crippen molar-refractivity contribution in [2.24, 2.45) is 5.92 Å². The molecule has 1 aliphatic carbocycles. The van der Waals surface area contributed by atoms with E-state index in [1.807, 2.05) is 26.0 Å². The van der Waals surface area contributed by atoms with E-state index in [9.17, 15) is 8.42 Å². The molecule has 0 aromatic heterocycles. The molecular weight excluding hydrogens is 282 g/mol. The molecule has 0 saturated heterocycles. The number of benzene rings is 1. The van der Waals surface area contributed by atoms with Crippen molar-refractivity contribution < 1.29 is 8.42 Å². The molecule has 19 heavy (non-hydrogen) atoms. The second kappa shape index (κ2) is 5.81. The average molecular weight is 302 g/mol. The first kappa shape index (κ1) is 14.8. The molecule has 0 heterocycles. The zero-order valence-electron chi connectivity index (χ0n) is 11.3. The van der Waals surface area contributed by atoms with E-state index in [1.54, 1.807) is 6.07 Å². The third kappa shape index (κ3) is 3.71. The number of hydrogen-bond donors (Lipinski definition) is 1. The van der Waals surface area contributed by atoms with E-state index in [-0.39, 0.29) is 5.38 Å². The topological polar surface area (TPSA) is 46.2 Å². The molecule has 1 N–H and O–H groups in total. The Kier molecular flexibility index (Phi) is 4.54. The van der Waals surface area contributed by atoms with E-state index in [0.717, 1.165) is 30.4 Å². The maximum Gasteiger partial charge on any atom is 0.240 e. The Morgan fingerprint density at radius 1 is 1.32 bits per heavy atom. The van der Waals surface area contributed by atoms with E-state index in [0.29, 0.717) is 17.4 Å². The number of halogens is 1. The molecule has 0 aliphatic heterocycles. The lowest BCUT2D eigenvalue weighted by molar-refractivity contribution is 0.520. The van der Waals surface area contributed by atoms with Gasteiger partial charge in [0, 0.05) is 11.9 Å². The van der Waals surface area contributed by atoms with E-state index in [1.165, 1.54) is 0 Å². The fourth-order valence-corrected chi connectivity index (χ4v) is 4.32. The highest BCUT2D eigenvalue weighted by molar-refractivity contribution is 7.89. The van der Waals surface area contributed by atoms with Crippen molar-refractivity contribution in [3.63, 3.8) is 0 Å². The highest BCUT2D eigenvalue weighted by Gasteiger charge is 2.25. The van der Waals surface area contributed by atoms with Crippen LogP contribution in [-0.4, -0.2) is 20.3 Å². The lowest BCUT2D eigenvalue weighted by Gasteiger charge is -2.13. The van der Waals surface area contributed by atoms with Gasteiger partial charge < -0.3 is 0 Å². The van der Waals surface area contributed by atoms with E-state index in [2.05, 4.69) is 4.72 Å². The minimum Gasteiger partial charge on any atom is -0.211 e. The quantitative estimate of drug-likeness (QED) is 0.869. The minimum absolute atomic E-state index is 0.204. The third-order valence-electron chi connectivity index (χ3n) is 3.67. The normalized spacial score (nSPS) is 23.7. The molecule has 1 aliphatic rings. The Hall–Kier alpha value is -0.580. The second-order valence-electron chi connectivity index (χ2n) is 5.40. The molecule has 5 heteroatoms. The van der Waals surface area contributed by atoms with Gasteiger partial charge in [0.05, 0.1) is 4.90 Å². The molecule has 0 amide bonds. The summed E-state index contributed by atoms with van der Waals surface area (Å²) in [7, 11) is -3.41. The maximum atomic E-state index is 12.3. The van der Waals surface area contributed by atoms with Crippen molar-refractivity contribution in [1.82, 2.24) is 4.72 Å². The molecule has 2 rings (SSSR count). The SMILES string of the molecule is Cc1ccc(C)c(S(=O)(=O)NCC2CCC(Cl)C2)c1. The Labute approximate surface area is 120 Å². The van der Waals surface area contributed by atoms with Crippen LogP contribution in [0.1, 0.15) is 30.4 Å². The van der Waals surface area contributed by atoms with Crippen LogP contribution in [0.15, 0.2) is 23.1 Å². The van der Waals surface area contributed by atoms with Gasteiger partial charge in [-0.25, -0.2) is 13.1 Å². The van der Waals surface area contributed by atoms with E-state index in [4.69, 9.17) is 11.6 Å². The van der Waals surface area contributed by atoms with Crippen LogP contribution < -0.4 is 4.72 Å². The molecule has 3 nitrogen and oxygen atoms in total. The predicted octanol–water partition coefficient (Wildman–Crippen LogP) is 2.99. The molecule has 2 unspecified atom stereocenters. The summed E-state index contributed by atoms with van der Waals surface area (Å²) >= 11 is 6.04. The van der Waals surface area contributed by atoms with Crippen LogP contribution in [0.5, 0.6) is 0 Å². The van der Waals surface area contributed by atoms with E-state index < -0.39 is 10.0 Å². The van der Waals surface area contributed by atoms with Crippen LogP contribution in [0.3, 0.4) is 0 Å². The number of nitrogens with one attached hydrogen (secondary N) is 1. The maximum absolute atomic E-state index is 12.3. The van der Waals surface area contributed by atoms with Gasteiger partial charge >= 0.3 is 0 Å². The molecule has 0 radical (unpaired) electrons. The zero-order valence-corrected chi connectivity index (χ0v) is 12.9. The second-order valence-corrected chi connectivity index (χ2v) is 7.75. The van der Waals surface area contributed by atoms with Crippen LogP contribution in [0.2, 0.25) is 0 Å². The standard InChI is InChI=1S/C14H20ClNO2S/c1-10-3-4-11(2)14(7-10)19(17,18)16-9-12-5-6-13(15)8-12/h3-4,7,12-13,16H,5-6,8-9H2,1-2H3. The number of sulfonamides is 1. The summed E-state index contributed by atoms with van der Waals surface area (Å²) in [5.74, 6) is 0.363. The predicted molar refractivity (Wildman–Crippen MR) is 78.1 cm³/mol. The summed E-state index contributed by atoms with van der Waals surface area (Å²) in [6.45, 7) is 4.20. The first-order chi connectivity index (χ1) is 8.88. The summed E-state index contributed by atoms with van der Waals surface area (Å²) in [6.07, 6.45) is 2.89. The molecule has 1 fully saturated rings. The summed E-state index contributed by atoms with van der Waals surface area (Å²) in [6, 6.07) is 5.48. The number of aryl methyl sites for hydroxylation is 2. The van der Waals surface area contributed by atoms with Crippen molar-refractivity contribution in [1.29, 1.82) is 0 Å². The summed E-state index contributed by atoms with van der Waals surface area (Å²) in [5.41, 5.74) is 1.73. The number of hydrogen-bond acceptors (Lipinski definition) is 2. The molecule has 106 valence electrons. The monoisotopic (exact) mass is 301 g/mol. The molecule has 1 saturated carbocycles. The summed E-state index contributed by atoms with van der Waals surface area (Å²) in [5, 5.41) is 0.204. The fraction of sp³-hybridized carbons (Fsp3) is 0.571. The van der Waals surface area contributed by atoms with E-state index >= 15 is 0 Å². The smallest absolute Gasteiger partial charge is 0.211 e. The summed E-state index contributed by atoms with van der Waals surface area (Å²) < 4.78 is 27.3. The van der Waals surface area contributed by atoms with Gasteiger partial charge in [-0.05, 0) is 56.2 Å². The molecular formula is C14H20ClNO2S. The van der Waals surface area contributed by atoms with Crippen LogP contribution in [0.25, 0.3) is 0 Å². The van der Waals surface area contributed by atoms with Gasteiger partial charge in [0.25, 0.3) is 0 Å². The first-order valence-electron chi connectivity index (χ1n) is 6.59. The summed E-state index contributed by atoms with van der Waals surface area (Å²) in [4.78, 5) is 0.382. The van der Waals surface area contributed by atoms with Crippen LogP contribution in [0, 0.1) is 19.8 Å². The average Bonchev–Trinajstić information content (AvgIpc) is 2.76. The van der Waals surface area contributed by atoms with Crippen molar-refractivity contribution >= 4 is 21.6 Å². The largest absolute Gasteiger partial charge is 0.240 e. The molecule has 2 atom stereocenters. The van der Waals surface area contributed by atoms with Gasteiger partial charge in [-0.15, -0.1) is 11.6 Å². The highest BCUT2D eigenvalue weighted by Crippen LogP contribution is 2.29. The molecule has 0 spiro atoms. The van der Waals surface area contributed by atoms with Crippen molar-refractivity contribution in [3.8, 4) is 0 Å². The molecule has 0 bridgehead atoms. The van der Waals surface area contributed by atoms with Gasteiger partial charge in [0.2, 0.25) is 10.0 Å². The number of rotatable bonds is 4. The van der Waals surface area contributed by atoms with Crippen LogP contribution in [-0.2, 0) is 10.0 Å². The minimum atomic E-state index is -3.41. The Morgan fingerprint density at radius 2 is 2.05 bits per heavy atom. The van der Waals surface area contributed by atoms with Crippen molar-refractivity contribution in [2.45, 2.75) is 43.4 Å². The van der Waals surface area contributed by atoms with Gasteiger partial charge in [-0.3, -0.25) is 0 Å². The van der Waals surface area contributed by atoms with Crippen LogP contribution in [0.4, 0.5) is 0 Å². The zero-order chi connectivity index (χ0) is 14.0. The lowest BCUT2D eigenvalue weighted by atomic mass is 10.1. The van der Waals surface area contributed by atoms with Gasteiger partial charge in [-0.1, -0.05) is 12.1 Å². The van der Waals surface area contributed by atoms with Gasteiger partial charge in [-0.2, -0.15) is 0 Å². The third-order valence-corrected chi connectivity index (χ3v) is 5.63. The molecule has 1 aromatic rings. The molecule has 1 aromatic carbocycles. The fourth-order valence-electron chi connectivity index (χ4n) is 2.50. The lowest BCUT2D eigenvalue weighted by Crippen LogP contribution is -2.29. The van der Waals surface area contributed by atoms with Crippen LogP contribution >= 0.6 is 11.6 Å². The number of alkyl halides is 1. The Balaban J connectivity index is 2.08. The Morgan fingerprint density at radius 3 is 2.68 bits per heavy atom. The van der Waals surface area contributed by atoms with Crippen molar-refractivity contribution in [2.75, 3.05) is 6.54 Å².